The summed E-state index contributed by atoms with van der Waals surface area (Å²) in [4.78, 5) is 14.0. The smallest absolute Gasteiger partial charge is 0.240 e. The first-order chi connectivity index (χ1) is 12.8. The van der Waals surface area contributed by atoms with E-state index in [1.165, 1.54) is 17.7 Å². The maximum Gasteiger partial charge on any atom is 0.240 e. The number of hydrogen-bond donors (Lipinski definition) is 1. The van der Waals surface area contributed by atoms with Gasteiger partial charge in [-0.3, -0.25) is 4.79 Å². The fraction of sp³-hybridized carbons (Fsp3) is 0.350. The number of carbonyl (C=O) groups is 1. The summed E-state index contributed by atoms with van der Waals surface area (Å²) in [5.74, 6) is -0.487. The van der Waals surface area contributed by atoms with Crippen molar-refractivity contribution in [3.8, 4) is 0 Å². The number of benzene rings is 2. The first-order valence-corrected chi connectivity index (χ1v) is 10.4. The zero-order chi connectivity index (χ0) is 19.4. The number of nitrogens with one attached hydrogen (secondary N) is 1. The number of amides is 1. The van der Waals surface area contributed by atoms with Crippen LogP contribution < -0.4 is 4.72 Å². The van der Waals surface area contributed by atoms with Crippen LogP contribution in [-0.4, -0.2) is 38.9 Å². The predicted octanol–water partition coefficient (Wildman–Crippen LogP) is 2.50. The normalized spacial score (nSPS) is 17.5. The van der Waals surface area contributed by atoms with E-state index in [-0.39, 0.29) is 23.3 Å². The number of carbonyl (C=O) groups excluding carboxylic acids is 1. The molecule has 1 aliphatic heterocycles. The molecule has 144 valence electrons. The second kappa shape index (κ2) is 8.19. The second-order valence-electron chi connectivity index (χ2n) is 6.91. The van der Waals surface area contributed by atoms with Crippen LogP contribution in [0.1, 0.15) is 17.5 Å². The number of halogens is 1. The molecule has 2 aromatic carbocycles. The Morgan fingerprint density at radius 2 is 1.93 bits per heavy atom. The summed E-state index contributed by atoms with van der Waals surface area (Å²) < 4.78 is 40.7. The number of nitrogens with zero attached hydrogens (tertiary/aromatic N) is 1. The van der Waals surface area contributed by atoms with Gasteiger partial charge in [0.25, 0.3) is 0 Å². The molecule has 3 rings (SSSR count). The molecular formula is C20H23FN2O3S. The van der Waals surface area contributed by atoms with Crippen LogP contribution in [0.4, 0.5) is 4.39 Å². The van der Waals surface area contributed by atoms with Gasteiger partial charge in [-0.15, -0.1) is 0 Å². The minimum Gasteiger partial charge on any atom is -0.342 e. The minimum atomic E-state index is -3.73. The summed E-state index contributed by atoms with van der Waals surface area (Å²) in [6, 6.07) is 13.5. The predicted molar refractivity (Wildman–Crippen MR) is 101 cm³/mol. The van der Waals surface area contributed by atoms with Gasteiger partial charge in [-0.05, 0) is 48.6 Å². The van der Waals surface area contributed by atoms with Gasteiger partial charge in [-0.2, -0.15) is 0 Å². The molecule has 1 heterocycles. The van der Waals surface area contributed by atoms with Crippen molar-refractivity contribution in [3.05, 3.63) is 65.5 Å². The van der Waals surface area contributed by atoms with Crippen molar-refractivity contribution < 1.29 is 17.6 Å². The Morgan fingerprint density at radius 1 is 1.19 bits per heavy atom. The number of sulfonamides is 1. The second-order valence-corrected chi connectivity index (χ2v) is 8.64. The number of aryl methyl sites for hydroxylation is 1. The van der Waals surface area contributed by atoms with Gasteiger partial charge in [0.05, 0.1) is 4.90 Å². The maximum absolute atomic E-state index is 13.2. The lowest BCUT2D eigenvalue weighted by molar-refractivity contribution is -0.127. The summed E-state index contributed by atoms with van der Waals surface area (Å²) in [6.07, 6.45) is 1.11. The van der Waals surface area contributed by atoms with Gasteiger partial charge >= 0.3 is 0 Å². The van der Waals surface area contributed by atoms with Gasteiger partial charge in [0.2, 0.25) is 15.9 Å². The van der Waals surface area contributed by atoms with Crippen molar-refractivity contribution in [3.63, 3.8) is 0 Å². The topological polar surface area (TPSA) is 66.5 Å². The molecule has 5 nitrogen and oxygen atoms in total. The highest BCUT2D eigenvalue weighted by molar-refractivity contribution is 7.89. The molecule has 1 saturated heterocycles. The van der Waals surface area contributed by atoms with Crippen LogP contribution in [0.25, 0.3) is 0 Å². The largest absolute Gasteiger partial charge is 0.342 e. The Hall–Kier alpha value is -2.25. The Balaban J connectivity index is 1.55. The molecule has 27 heavy (non-hydrogen) atoms. The third-order valence-corrected chi connectivity index (χ3v) is 6.38. The highest BCUT2D eigenvalue weighted by Crippen LogP contribution is 2.20. The summed E-state index contributed by atoms with van der Waals surface area (Å²) >= 11 is 0. The highest BCUT2D eigenvalue weighted by atomic mass is 32.2. The average Bonchev–Trinajstić information content (AvgIpc) is 2.99. The van der Waals surface area contributed by atoms with E-state index in [9.17, 15) is 17.6 Å². The van der Waals surface area contributed by atoms with Crippen LogP contribution in [0.5, 0.6) is 0 Å². The van der Waals surface area contributed by atoms with E-state index in [4.69, 9.17) is 0 Å². The van der Waals surface area contributed by atoms with Crippen molar-refractivity contribution in [1.29, 1.82) is 0 Å². The summed E-state index contributed by atoms with van der Waals surface area (Å²) in [6.45, 7) is 2.91. The Morgan fingerprint density at radius 3 is 2.63 bits per heavy atom. The Labute approximate surface area is 159 Å². The molecule has 1 unspecified atom stereocenters. The molecule has 0 spiro atoms. The molecule has 1 fully saturated rings. The molecule has 1 aliphatic rings. The third kappa shape index (κ3) is 4.93. The lowest BCUT2D eigenvalue weighted by atomic mass is 10.1. The molecule has 0 saturated carbocycles. The third-order valence-electron chi connectivity index (χ3n) is 4.80. The van der Waals surface area contributed by atoms with Crippen LogP contribution in [0.15, 0.2) is 53.4 Å². The van der Waals surface area contributed by atoms with E-state index in [0.29, 0.717) is 25.1 Å². The number of hydrogen-bond acceptors (Lipinski definition) is 3. The summed E-state index contributed by atoms with van der Waals surface area (Å²) in [5.41, 5.74) is 1.52. The van der Waals surface area contributed by atoms with Crippen molar-refractivity contribution in [2.24, 2.45) is 5.92 Å². The Kier molecular flexibility index (Phi) is 5.92. The SMILES string of the molecule is Cc1cc(F)ccc1S(=O)(=O)NCC1CC(=O)N(CCc2ccccc2)C1. The van der Waals surface area contributed by atoms with Crippen LogP contribution in [-0.2, 0) is 21.2 Å². The van der Waals surface area contributed by atoms with Crippen molar-refractivity contribution in [2.45, 2.75) is 24.7 Å². The lowest BCUT2D eigenvalue weighted by Crippen LogP contribution is -2.32. The monoisotopic (exact) mass is 390 g/mol. The Bertz CT molecular complexity index is 916. The van der Waals surface area contributed by atoms with Gasteiger partial charge in [0.1, 0.15) is 5.82 Å². The average molecular weight is 390 g/mol. The van der Waals surface area contributed by atoms with E-state index in [1.807, 2.05) is 30.3 Å². The lowest BCUT2D eigenvalue weighted by Gasteiger charge is -2.17. The standard InChI is InChI=1S/C20H23FN2O3S/c1-15-11-18(21)7-8-19(15)27(25,26)22-13-17-12-20(24)23(14-17)10-9-16-5-3-2-4-6-16/h2-8,11,17,22H,9-10,12-14H2,1H3. The van der Waals surface area contributed by atoms with Crippen molar-refractivity contribution in [1.82, 2.24) is 9.62 Å². The minimum absolute atomic E-state index is 0.0492. The van der Waals surface area contributed by atoms with E-state index in [2.05, 4.69) is 4.72 Å². The maximum atomic E-state index is 13.2. The van der Waals surface area contributed by atoms with Gasteiger partial charge < -0.3 is 4.90 Å². The van der Waals surface area contributed by atoms with Gasteiger partial charge in [-0.1, -0.05) is 30.3 Å². The summed E-state index contributed by atoms with van der Waals surface area (Å²) in [5, 5.41) is 0. The first-order valence-electron chi connectivity index (χ1n) is 8.92. The molecular weight excluding hydrogens is 367 g/mol. The van der Waals surface area contributed by atoms with Gasteiger partial charge in [0.15, 0.2) is 0 Å². The first kappa shape index (κ1) is 19.5. The van der Waals surface area contributed by atoms with E-state index >= 15 is 0 Å². The van der Waals surface area contributed by atoms with Crippen LogP contribution >= 0.6 is 0 Å². The van der Waals surface area contributed by atoms with Crippen molar-refractivity contribution in [2.75, 3.05) is 19.6 Å². The molecule has 0 aromatic heterocycles. The number of likely N-dealkylation sites (tertiary alicyclic amines) is 1. The molecule has 0 bridgehead atoms. The molecule has 0 aliphatic carbocycles. The van der Waals surface area contributed by atoms with E-state index < -0.39 is 15.8 Å². The van der Waals surface area contributed by atoms with Gasteiger partial charge in [0, 0.05) is 26.1 Å². The van der Waals surface area contributed by atoms with Crippen LogP contribution in [0.3, 0.4) is 0 Å². The zero-order valence-electron chi connectivity index (χ0n) is 15.2. The fourth-order valence-corrected chi connectivity index (χ4v) is 4.68. The molecule has 7 heteroatoms. The van der Waals surface area contributed by atoms with E-state index in [0.717, 1.165) is 12.5 Å². The molecule has 1 atom stereocenters. The van der Waals surface area contributed by atoms with E-state index in [1.54, 1.807) is 11.8 Å². The van der Waals surface area contributed by atoms with Crippen molar-refractivity contribution >= 4 is 15.9 Å². The molecule has 1 N–H and O–H groups in total. The molecule has 0 radical (unpaired) electrons. The molecule has 1 amide bonds. The van der Waals surface area contributed by atoms with Gasteiger partial charge in [-0.25, -0.2) is 17.5 Å². The zero-order valence-corrected chi connectivity index (χ0v) is 16.0. The quantitative estimate of drug-likeness (QED) is 0.790. The molecule has 2 aromatic rings. The van der Waals surface area contributed by atoms with Crippen LogP contribution in [0, 0.1) is 18.7 Å². The summed E-state index contributed by atoms with van der Waals surface area (Å²) in [7, 11) is -3.73. The number of rotatable bonds is 7. The fourth-order valence-electron chi connectivity index (χ4n) is 3.34. The highest BCUT2D eigenvalue weighted by Gasteiger charge is 2.30. The van der Waals surface area contributed by atoms with Crippen LogP contribution in [0.2, 0.25) is 0 Å².